The van der Waals surface area contributed by atoms with E-state index < -0.39 is 18.0 Å². The van der Waals surface area contributed by atoms with Crippen LogP contribution in [0.25, 0.3) is 0 Å². The Morgan fingerprint density at radius 2 is 2.00 bits per heavy atom. The van der Waals surface area contributed by atoms with Crippen molar-refractivity contribution >= 4 is 18.0 Å². The number of hydrogen-bond acceptors (Lipinski definition) is 5. The minimum atomic E-state index is -0.877. The second-order valence-electron chi connectivity index (χ2n) is 2.94. The summed E-state index contributed by atoms with van der Waals surface area (Å²) in [6.07, 6.45) is -0.297. The van der Waals surface area contributed by atoms with E-state index in [9.17, 15) is 14.4 Å². The Morgan fingerprint density at radius 1 is 1.31 bits per heavy atom. The zero-order valence-corrected chi connectivity index (χ0v) is 9.12. The minimum Gasteiger partial charge on any atom is -0.481 e. The summed E-state index contributed by atoms with van der Waals surface area (Å²) in [6, 6.07) is 0. The normalized spacial score (nSPS) is 9.56. The standard InChI is InChI=1S/C9H16N2O5/c1-2-16-9(15)11-7(12)6-10-5-3-4-8(13)14/h10H,2-6H2,1H3,(H,13,14)(H,11,12,15). The predicted molar refractivity (Wildman–Crippen MR) is 54.9 cm³/mol. The predicted octanol–water partition coefficient (Wildman–Crippen LogP) is -0.286. The molecule has 2 amide bonds. The van der Waals surface area contributed by atoms with Crippen molar-refractivity contribution in [2.45, 2.75) is 19.8 Å². The van der Waals surface area contributed by atoms with Crippen molar-refractivity contribution in [1.82, 2.24) is 10.6 Å². The zero-order valence-electron chi connectivity index (χ0n) is 9.12. The van der Waals surface area contributed by atoms with Crippen LogP contribution in [-0.4, -0.2) is 42.8 Å². The number of carbonyl (C=O) groups excluding carboxylic acids is 2. The quantitative estimate of drug-likeness (QED) is 0.521. The van der Waals surface area contributed by atoms with E-state index >= 15 is 0 Å². The van der Waals surface area contributed by atoms with Gasteiger partial charge < -0.3 is 15.2 Å². The van der Waals surface area contributed by atoms with Gasteiger partial charge in [0.05, 0.1) is 13.2 Å². The van der Waals surface area contributed by atoms with Gasteiger partial charge in [-0.2, -0.15) is 0 Å². The first kappa shape index (κ1) is 14.4. The first-order valence-electron chi connectivity index (χ1n) is 4.95. The number of carbonyl (C=O) groups is 3. The molecule has 0 saturated carbocycles. The number of carboxylic acids is 1. The van der Waals surface area contributed by atoms with Crippen molar-refractivity contribution in [3.8, 4) is 0 Å². The second-order valence-corrected chi connectivity index (χ2v) is 2.94. The number of carboxylic acid groups (broad SMARTS) is 1. The summed E-state index contributed by atoms with van der Waals surface area (Å²) in [7, 11) is 0. The highest BCUT2D eigenvalue weighted by atomic mass is 16.5. The van der Waals surface area contributed by atoms with Gasteiger partial charge in [-0.3, -0.25) is 14.9 Å². The third-order valence-electron chi connectivity index (χ3n) is 1.55. The van der Waals surface area contributed by atoms with E-state index in [1.54, 1.807) is 6.92 Å². The van der Waals surface area contributed by atoms with Crippen LogP contribution in [0.5, 0.6) is 0 Å². The molecule has 3 N–H and O–H groups in total. The summed E-state index contributed by atoms with van der Waals surface area (Å²) in [5.74, 6) is -1.38. The van der Waals surface area contributed by atoms with Crippen LogP contribution < -0.4 is 10.6 Å². The number of alkyl carbamates (subject to hydrolysis) is 1. The van der Waals surface area contributed by atoms with E-state index in [-0.39, 0.29) is 19.6 Å². The smallest absolute Gasteiger partial charge is 0.413 e. The van der Waals surface area contributed by atoms with Gasteiger partial charge in [-0.1, -0.05) is 0 Å². The number of ether oxygens (including phenoxy) is 1. The topological polar surface area (TPSA) is 105 Å². The van der Waals surface area contributed by atoms with Crippen molar-refractivity contribution in [2.75, 3.05) is 19.7 Å². The third kappa shape index (κ3) is 8.95. The van der Waals surface area contributed by atoms with E-state index in [0.29, 0.717) is 13.0 Å². The number of imide groups is 1. The van der Waals surface area contributed by atoms with Gasteiger partial charge in [0.1, 0.15) is 0 Å². The van der Waals surface area contributed by atoms with Gasteiger partial charge in [0.2, 0.25) is 5.91 Å². The number of aliphatic carboxylic acids is 1. The number of hydrogen-bond donors (Lipinski definition) is 3. The molecule has 0 aromatic rings. The zero-order chi connectivity index (χ0) is 12.4. The first-order chi connectivity index (χ1) is 7.56. The van der Waals surface area contributed by atoms with Crippen LogP contribution in [0, 0.1) is 0 Å². The average molecular weight is 232 g/mol. The molecule has 0 atom stereocenters. The average Bonchev–Trinajstić information content (AvgIpc) is 2.16. The molecule has 92 valence electrons. The molecule has 0 aromatic heterocycles. The van der Waals surface area contributed by atoms with Gasteiger partial charge in [0, 0.05) is 6.42 Å². The van der Waals surface area contributed by atoms with Gasteiger partial charge in [-0.05, 0) is 19.9 Å². The summed E-state index contributed by atoms with van der Waals surface area (Å²) >= 11 is 0. The van der Waals surface area contributed by atoms with E-state index in [2.05, 4.69) is 10.1 Å². The summed E-state index contributed by atoms with van der Waals surface area (Å²) in [6.45, 7) is 2.19. The fourth-order valence-electron chi connectivity index (χ4n) is 0.892. The van der Waals surface area contributed by atoms with Crippen LogP contribution in [0.15, 0.2) is 0 Å². The Morgan fingerprint density at radius 3 is 2.56 bits per heavy atom. The summed E-state index contributed by atoms with van der Waals surface area (Å²) < 4.78 is 4.50. The van der Waals surface area contributed by atoms with Crippen molar-refractivity contribution in [3.63, 3.8) is 0 Å². The van der Waals surface area contributed by atoms with Crippen molar-refractivity contribution in [2.24, 2.45) is 0 Å². The lowest BCUT2D eigenvalue weighted by Gasteiger charge is -2.04. The molecule has 0 radical (unpaired) electrons. The number of amides is 2. The van der Waals surface area contributed by atoms with Gasteiger partial charge in [0.25, 0.3) is 0 Å². The van der Waals surface area contributed by atoms with Crippen LogP contribution >= 0.6 is 0 Å². The van der Waals surface area contributed by atoms with Crippen LogP contribution in [0.4, 0.5) is 4.79 Å². The maximum absolute atomic E-state index is 11.0. The lowest BCUT2D eigenvalue weighted by atomic mass is 10.3. The minimum absolute atomic E-state index is 0.0432. The Balaban J connectivity index is 3.43. The summed E-state index contributed by atoms with van der Waals surface area (Å²) in [5.41, 5.74) is 0. The van der Waals surface area contributed by atoms with Crippen molar-refractivity contribution in [1.29, 1.82) is 0 Å². The SMILES string of the molecule is CCOC(=O)NC(=O)CNCCCC(=O)O. The molecule has 0 saturated heterocycles. The van der Waals surface area contributed by atoms with Crippen LogP contribution in [0.3, 0.4) is 0 Å². The second kappa shape index (κ2) is 8.66. The molecule has 0 spiro atoms. The summed E-state index contributed by atoms with van der Waals surface area (Å²) in [5, 5.41) is 13.0. The Bertz CT molecular complexity index is 254. The molecular formula is C9H16N2O5. The Labute approximate surface area is 93.2 Å². The largest absolute Gasteiger partial charge is 0.481 e. The molecule has 7 heteroatoms. The number of rotatable bonds is 7. The van der Waals surface area contributed by atoms with E-state index in [0.717, 1.165) is 0 Å². The fourth-order valence-corrected chi connectivity index (χ4v) is 0.892. The van der Waals surface area contributed by atoms with Crippen molar-refractivity contribution < 1.29 is 24.2 Å². The highest BCUT2D eigenvalue weighted by Gasteiger charge is 2.06. The molecule has 0 rings (SSSR count). The van der Waals surface area contributed by atoms with Crippen LogP contribution in [0.2, 0.25) is 0 Å². The summed E-state index contributed by atoms with van der Waals surface area (Å²) in [4.78, 5) is 32.0. The number of nitrogens with one attached hydrogen (secondary N) is 2. The Hall–Kier alpha value is -1.63. The molecule has 0 bridgehead atoms. The molecule has 0 aliphatic rings. The maximum Gasteiger partial charge on any atom is 0.413 e. The molecular weight excluding hydrogens is 216 g/mol. The van der Waals surface area contributed by atoms with E-state index in [1.165, 1.54) is 0 Å². The first-order valence-corrected chi connectivity index (χ1v) is 4.95. The monoisotopic (exact) mass is 232 g/mol. The molecule has 0 fully saturated rings. The van der Waals surface area contributed by atoms with Crippen LogP contribution in [0.1, 0.15) is 19.8 Å². The molecule has 0 aliphatic carbocycles. The molecule has 0 aliphatic heterocycles. The van der Waals surface area contributed by atoms with Gasteiger partial charge in [0.15, 0.2) is 0 Å². The maximum atomic E-state index is 11.0. The van der Waals surface area contributed by atoms with E-state index in [4.69, 9.17) is 5.11 Å². The van der Waals surface area contributed by atoms with Gasteiger partial charge in [-0.25, -0.2) is 4.79 Å². The highest BCUT2D eigenvalue weighted by Crippen LogP contribution is 1.85. The fraction of sp³-hybridized carbons (Fsp3) is 0.667. The lowest BCUT2D eigenvalue weighted by Crippen LogP contribution is -2.38. The van der Waals surface area contributed by atoms with Gasteiger partial charge >= 0.3 is 12.1 Å². The molecule has 0 heterocycles. The Kier molecular flexibility index (Phi) is 7.78. The van der Waals surface area contributed by atoms with Gasteiger partial charge in [-0.15, -0.1) is 0 Å². The molecule has 0 aromatic carbocycles. The lowest BCUT2D eigenvalue weighted by molar-refractivity contribution is -0.137. The van der Waals surface area contributed by atoms with Crippen molar-refractivity contribution in [3.05, 3.63) is 0 Å². The highest BCUT2D eigenvalue weighted by molar-refractivity contribution is 5.92. The van der Waals surface area contributed by atoms with Crippen LogP contribution in [-0.2, 0) is 14.3 Å². The van der Waals surface area contributed by atoms with E-state index in [1.807, 2.05) is 5.32 Å². The molecule has 0 unspecified atom stereocenters. The molecule has 16 heavy (non-hydrogen) atoms. The molecule has 7 nitrogen and oxygen atoms in total. The third-order valence-corrected chi connectivity index (χ3v) is 1.55.